The Morgan fingerprint density at radius 1 is 1.58 bits per heavy atom. The largest absolute Gasteiger partial charge is 0.493 e. The standard InChI is InChI=1S/C14H19BrN2O2/c1-9(16)12-5-2-10(15)8-13(12)19-7-6-14(18)17-11-3-4-11/h2,5,8-9,11H,3-4,6-7,16H2,1H3,(H,17,18)/t9-/m0/s1. The maximum absolute atomic E-state index is 11.5. The van der Waals surface area contributed by atoms with Gasteiger partial charge in [-0.15, -0.1) is 0 Å². The normalized spacial score (nSPS) is 15.9. The van der Waals surface area contributed by atoms with Gasteiger partial charge in [-0.3, -0.25) is 4.79 Å². The smallest absolute Gasteiger partial charge is 0.223 e. The SMILES string of the molecule is C[C@H](N)c1ccc(Br)cc1OCCC(=O)NC1CC1. The molecule has 0 heterocycles. The number of nitrogens with one attached hydrogen (secondary N) is 1. The van der Waals surface area contributed by atoms with Crippen molar-refractivity contribution in [1.29, 1.82) is 0 Å². The van der Waals surface area contributed by atoms with Gasteiger partial charge in [0.1, 0.15) is 5.75 Å². The summed E-state index contributed by atoms with van der Waals surface area (Å²) in [7, 11) is 0. The minimum Gasteiger partial charge on any atom is -0.493 e. The molecule has 0 saturated heterocycles. The molecule has 5 heteroatoms. The van der Waals surface area contributed by atoms with Crippen molar-refractivity contribution in [3.8, 4) is 5.75 Å². The quantitative estimate of drug-likeness (QED) is 0.844. The van der Waals surface area contributed by atoms with Crippen molar-refractivity contribution in [2.75, 3.05) is 6.61 Å². The van der Waals surface area contributed by atoms with Crippen LogP contribution in [0.2, 0.25) is 0 Å². The number of amides is 1. The Kier molecular flexibility index (Phi) is 4.82. The second-order valence-electron chi connectivity index (χ2n) is 4.91. The zero-order chi connectivity index (χ0) is 13.8. The van der Waals surface area contributed by atoms with E-state index in [2.05, 4.69) is 21.2 Å². The Labute approximate surface area is 121 Å². The first-order chi connectivity index (χ1) is 9.06. The van der Waals surface area contributed by atoms with E-state index in [1.807, 2.05) is 25.1 Å². The summed E-state index contributed by atoms with van der Waals surface area (Å²) in [5.74, 6) is 0.795. The van der Waals surface area contributed by atoms with Crippen LogP contribution >= 0.6 is 15.9 Å². The number of rotatable bonds is 6. The van der Waals surface area contributed by atoms with Crippen molar-refractivity contribution in [2.45, 2.75) is 38.3 Å². The van der Waals surface area contributed by atoms with Crippen LogP contribution in [0.4, 0.5) is 0 Å². The monoisotopic (exact) mass is 326 g/mol. The van der Waals surface area contributed by atoms with Gasteiger partial charge in [0.05, 0.1) is 13.0 Å². The lowest BCUT2D eigenvalue weighted by atomic mass is 10.1. The van der Waals surface area contributed by atoms with Crippen LogP contribution in [0, 0.1) is 0 Å². The number of benzene rings is 1. The lowest BCUT2D eigenvalue weighted by Gasteiger charge is -2.14. The summed E-state index contributed by atoms with van der Waals surface area (Å²) in [5.41, 5.74) is 6.85. The first-order valence-electron chi connectivity index (χ1n) is 6.53. The van der Waals surface area contributed by atoms with Gasteiger partial charge in [-0.05, 0) is 31.9 Å². The average Bonchev–Trinajstić information content (AvgIpc) is 3.12. The zero-order valence-electron chi connectivity index (χ0n) is 11.0. The van der Waals surface area contributed by atoms with E-state index in [0.29, 0.717) is 19.1 Å². The van der Waals surface area contributed by atoms with Crippen LogP contribution in [0.15, 0.2) is 22.7 Å². The van der Waals surface area contributed by atoms with Gasteiger partial charge in [0.2, 0.25) is 5.91 Å². The van der Waals surface area contributed by atoms with E-state index in [-0.39, 0.29) is 11.9 Å². The molecule has 1 aromatic rings. The minimum absolute atomic E-state index is 0.0554. The molecule has 0 bridgehead atoms. The Morgan fingerprint density at radius 3 is 2.95 bits per heavy atom. The number of ether oxygens (including phenoxy) is 1. The summed E-state index contributed by atoms with van der Waals surface area (Å²) in [6, 6.07) is 6.07. The molecular weight excluding hydrogens is 308 g/mol. The Hall–Kier alpha value is -1.07. The lowest BCUT2D eigenvalue weighted by Crippen LogP contribution is -2.26. The van der Waals surface area contributed by atoms with Crippen LogP contribution in [0.5, 0.6) is 5.75 Å². The fraction of sp³-hybridized carbons (Fsp3) is 0.500. The van der Waals surface area contributed by atoms with Crippen LogP contribution in [-0.4, -0.2) is 18.6 Å². The van der Waals surface area contributed by atoms with Gasteiger partial charge in [-0.25, -0.2) is 0 Å². The first kappa shape index (κ1) is 14.3. The summed E-state index contributed by atoms with van der Waals surface area (Å²) in [6.07, 6.45) is 2.58. The highest BCUT2D eigenvalue weighted by molar-refractivity contribution is 9.10. The third-order valence-corrected chi connectivity index (χ3v) is 3.49. The maximum Gasteiger partial charge on any atom is 0.223 e. The summed E-state index contributed by atoms with van der Waals surface area (Å²) >= 11 is 3.41. The van der Waals surface area contributed by atoms with Crippen LogP contribution in [-0.2, 0) is 4.79 Å². The van der Waals surface area contributed by atoms with E-state index in [4.69, 9.17) is 10.5 Å². The summed E-state index contributed by atoms with van der Waals surface area (Å²) in [6.45, 7) is 2.28. The predicted octanol–water partition coefficient (Wildman–Crippen LogP) is 2.52. The van der Waals surface area contributed by atoms with Crippen molar-refractivity contribution < 1.29 is 9.53 Å². The van der Waals surface area contributed by atoms with Gasteiger partial charge in [0, 0.05) is 22.1 Å². The molecule has 1 aliphatic rings. The fourth-order valence-corrected chi connectivity index (χ4v) is 2.13. The molecule has 4 nitrogen and oxygen atoms in total. The van der Waals surface area contributed by atoms with Gasteiger partial charge >= 0.3 is 0 Å². The molecule has 19 heavy (non-hydrogen) atoms. The number of carbonyl (C=O) groups is 1. The molecule has 0 aromatic heterocycles. The molecule has 1 aromatic carbocycles. The summed E-state index contributed by atoms with van der Waals surface area (Å²) < 4.78 is 6.62. The molecule has 1 aliphatic carbocycles. The fourth-order valence-electron chi connectivity index (χ4n) is 1.79. The maximum atomic E-state index is 11.5. The third kappa shape index (κ3) is 4.51. The molecule has 0 unspecified atom stereocenters. The predicted molar refractivity (Wildman–Crippen MR) is 78.0 cm³/mol. The second kappa shape index (κ2) is 6.39. The van der Waals surface area contributed by atoms with Crippen LogP contribution < -0.4 is 15.8 Å². The van der Waals surface area contributed by atoms with Gasteiger partial charge in [0.15, 0.2) is 0 Å². The number of halogens is 1. The average molecular weight is 327 g/mol. The molecule has 3 N–H and O–H groups in total. The summed E-state index contributed by atoms with van der Waals surface area (Å²) in [4.78, 5) is 11.5. The molecular formula is C14H19BrN2O2. The van der Waals surface area contributed by atoms with E-state index >= 15 is 0 Å². The Morgan fingerprint density at radius 2 is 2.32 bits per heavy atom. The topological polar surface area (TPSA) is 64.3 Å². The van der Waals surface area contributed by atoms with Gasteiger partial charge in [0.25, 0.3) is 0 Å². The van der Waals surface area contributed by atoms with Gasteiger partial charge in [-0.1, -0.05) is 22.0 Å². The highest BCUT2D eigenvalue weighted by Gasteiger charge is 2.22. The highest BCUT2D eigenvalue weighted by Crippen LogP contribution is 2.27. The van der Waals surface area contributed by atoms with Crippen LogP contribution in [0.3, 0.4) is 0 Å². The molecule has 1 amide bonds. The Bertz CT molecular complexity index is 459. The van der Waals surface area contributed by atoms with Crippen molar-refractivity contribution in [1.82, 2.24) is 5.32 Å². The van der Waals surface area contributed by atoms with Crippen molar-refractivity contribution in [3.05, 3.63) is 28.2 Å². The zero-order valence-corrected chi connectivity index (χ0v) is 12.6. The minimum atomic E-state index is -0.0941. The Balaban J connectivity index is 1.87. The van der Waals surface area contributed by atoms with Crippen molar-refractivity contribution in [2.24, 2.45) is 5.73 Å². The molecule has 0 spiro atoms. The van der Waals surface area contributed by atoms with Gasteiger partial charge < -0.3 is 15.8 Å². The molecule has 0 radical (unpaired) electrons. The first-order valence-corrected chi connectivity index (χ1v) is 7.33. The third-order valence-electron chi connectivity index (χ3n) is 3.00. The van der Waals surface area contributed by atoms with E-state index in [1.165, 1.54) is 0 Å². The second-order valence-corrected chi connectivity index (χ2v) is 5.83. The number of hydrogen-bond donors (Lipinski definition) is 2. The van der Waals surface area contributed by atoms with Crippen molar-refractivity contribution >= 4 is 21.8 Å². The lowest BCUT2D eigenvalue weighted by molar-refractivity contribution is -0.121. The van der Waals surface area contributed by atoms with E-state index < -0.39 is 0 Å². The number of carbonyl (C=O) groups excluding carboxylic acids is 1. The molecule has 1 atom stereocenters. The molecule has 0 aliphatic heterocycles. The molecule has 104 valence electrons. The molecule has 2 rings (SSSR count). The van der Waals surface area contributed by atoms with Crippen LogP contribution in [0.25, 0.3) is 0 Å². The molecule has 1 fully saturated rings. The van der Waals surface area contributed by atoms with Crippen molar-refractivity contribution in [3.63, 3.8) is 0 Å². The van der Waals surface area contributed by atoms with E-state index in [9.17, 15) is 4.79 Å². The highest BCUT2D eigenvalue weighted by atomic mass is 79.9. The number of hydrogen-bond acceptors (Lipinski definition) is 3. The number of nitrogens with two attached hydrogens (primary N) is 1. The van der Waals surface area contributed by atoms with E-state index in [1.54, 1.807) is 0 Å². The van der Waals surface area contributed by atoms with Crippen LogP contribution in [0.1, 0.15) is 37.8 Å². The van der Waals surface area contributed by atoms with E-state index in [0.717, 1.165) is 28.6 Å². The summed E-state index contributed by atoms with van der Waals surface area (Å²) in [5, 5.41) is 2.94. The van der Waals surface area contributed by atoms with Gasteiger partial charge in [-0.2, -0.15) is 0 Å². The molecule has 1 saturated carbocycles.